The lowest BCUT2D eigenvalue weighted by molar-refractivity contribution is -0.140. The van der Waals surface area contributed by atoms with Crippen molar-refractivity contribution in [3.63, 3.8) is 0 Å². The number of carbonyl (C=O) groups excluding carboxylic acids is 2. The van der Waals surface area contributed by atoms with E-state index in [4.69, 9.17) is 27.9 Å². The molecule has 0 spiro atoms. The van der Waals surface area contributed by atoms with Crippen molar-refractivity contribution in [2.75, 3.05) is 23.7 Å². The Bertz CT molecular complexity index is 1850. The molecule has 4 rings (SSSR count). The lowest BCUT2D eigenvalue weighted by atomic mass is 10.0. The molecule has 0 aromatic heterocycles. The first-order valence-corrected chi connectivity index (χ1v) is 19.1. The van der Waals surface area contributed by atoms with Crippen LogP contribution in [-0.2, 0) is 32.6 Å². The number of carbonyl (C=O) groups is 2. The number of para-hydroxylation sites is 2. The Hall–Kier alpha value is -3.70. The molecular formula is C37H41Cl2N3O5S2. The summed E-state index contributed by atoms with van der Waals surface area (Å²) in [6.45, 7) is 6.98. The molecule has 0 aliphatic rings. The quantitative estimate of drug-likeness (QED) is 0.132. The summed E-state index contributed by atoms with van der Waals surface area (Å²) in [5, 5.41) is 3.65. The number of hydrogen-bond acceptors (Lipinski definition) is 6. The lowest BCUT2D eigenvalue weighted by Crippen LogP contribution is -2.56. The standard InChI is InChI=1S/C37H41Cl2N3O5S2/c1-6-47-34-15-11-10-14-32(34)42(49(45,46)29-19-17-28(48-5)18-20-29)25-35(43)41(24-27-16-21-30(38)31(39)22-27)33(36(44)40-37(2,3)4)23-26-12-8-7-9-13-26/h7-22,33H,6,23-25H2,1-5H3,(H,40,44)/t33-/m1/s1. The van der Waals surface area contributed by atoms with Gasteiger partial charge in [-0.05, 0) is 93.6 Å². The van der Waals surface area contributed by atoms with Crippen LogP contribution in [0.15, 0.2) is 107 Å². The molecular weight excluding hydrogens is 701 g/mol. The van der Waals surface area contributed by atoms with Crippen LogP contribution in [0.25, 0.3) is 0 Å². The van der Waals surface area contributed by atoms with Crippen molar-refractivity contribution in [3.05, 3.63) is 118 Å². The molecule has 1 atom stereocenters. The second-order valence-electron chi connectivity index (χ2n) is 12.3. The number of thioether (sulfide) groups is 1. The molecule has 0 heterocycles. The topological polar surface area (TPSA) is 96.0 Å². The molecule has 0 bridgehead atoms. The van der Waals surface area contributed by atoms with E-state index in [-0.39, 0.29) is 41.1 Å². The number of amides is 2. The Balaban J connectivity index is 1.87. The van der Waals surface area contributed by atoms with E-state index in [0.717, 1.165) is 14.8 Å². The summed E-state index contributed by atoms with van der Waals surface area (Å²) >= 11 is 14.1. The van der Waals surface area contributed by atoms with Gasteiger partial charge in [-0.2, -0.15) is 0 Å². The van der Waals surface area contributed by atoms with Crippen LogP contribution in [0.5, 0.6) is 5.75 Å². The Morgan fingerprint density at radius 1 is 0.878 bits per heavy atom. The molecule has 4 aromatic rings. The highest BCUT2D eigenvalue weighted by Gasteiger charge is 2.36. The Morgan fingerprint density at radius 2 is 1.53 bits per heavy atom. The van der Waals surface area contributed by atoms with E-state index in [1.165, 1.54) is 28.8 Å². The molecule has 1 N–H and O–H groups in total. The molecule has 0 fully saturated rings. The van der Waals surface area contributed by atoms with Crippen LogP contribution in [0, 0.1) is 0 Å². The highest BCUT2D eigenvalue weighted by molar-refractivity contribution is 7.98. The van der Waals surface area contributed by atoms with Gasteiger partial charge in [-0.15, -0.1) is 11.8 Å². The average molecular weight is 743 g/mol. The first-order chi connectivity index (χ1) is 23.2. The monoisotopic (exact) mass is 741 g/mol. The SMILES string of the molecule is CCOc1ccccc1N(CC(=O)N(Cc1ccc(Cl)c(Cl)c1)[C@H](Cc1ccccc1)C(=O)NC(C)(C)C)S(=O)(=O)c1ccc(SC)cc1. The van der Waals surface area contributed by atoms with Crippen LogP contribution in [0.1, 0.15) is 38.8 Å². The fourth-order valence-corrected chi connectivity index (χ4v) is 7.32. The third-order valence-corrected chi connectivity index (χ3v) is 10.7. The third-order valence-electron chi connectivity index (χ3n) is 7.47. The molecule has 0 saturated carbocycles. The number of hydrogen-bond donors (Lipinski definition) is 1. The second-order valence-corrected chi connectivity index (χ2v) is 15.9. The number of ether oxygens (including phenoxy) is 1. The molecule has 0 radical (unpaired) electrons. The fraction of sp³-hybridized carbons (Fsp3) is 0.297. The minimum Gasteiger partial charge on any atom is -0.492 e. The number of anilines is 1. The largest absolute Gasteiger partial charge is 0.492 e. The molecule has 260 valence electrons. The molecule has 0 aliphatic heterocycles. The second kappa shape index (κ2) is 16.8. The van der Waals surface area contributed by atoms with Crippen molar-refractivity contribution in [1.29, 1.82) is 0 Å². The summed E-state index contributed by atoms with van der Waals surface area (Å²) in [4.78, 5) is 31.2. The zero-order chi connectivity index (χ0) is 35.8. The van der Waals surface area contributed by atoms with Gasteiger partial charge in [0.25, 0.3) is 10.0 Å². The molecule has 0 unspecified atom stereocenters. The zero-order valence-corrected chi connectivity index (χ0v) is 31.3. The van der Waals surface area contributed by atoms with Gasteiger partial charge in [0.15, 0.2) is 0 Å². The smallest absolute Gasteiger partial charge is 0.264 e. The fourth-order valence-electron chi connectivity index (χ4n) is 5.17. The van der Waals surface area contributed by atoms with Gasteiger partial charge in [-0.3, -0.25) is 13.9 Å². The molecule has 8 nitrogen and oxygen atoms in total. The Kier molecular flexibility index (Phi) is 13.1. The molecule has 0 aliphatic carbocycles. The van der Waals surface area contributed by atoms with E-state index in [1.807, 2.05) is 57.4 Å². The van der Waals surface area contributed by atoms with E-state index in [1.54, 1.807) is 61.5 Å². The molecule has 2 amide bonds. The van der Waals surface area contributed by atoms with Crippen molar-refractivity contribution >= 4 is 62.5 Å². The summed E-state index contributed by atoms with van der Waals surface area (Å²) in [5.41, 5.74) is 1.02. The van der Waals surface area contributed by atoms with Crippen molar-refractivity contribution in [2.45, 2.75) is 62.0 Å². The number of halogens is 2. The van der Waals surface area contributed by atoms with Crippen LogP contribution >= 0.6 is 35.0 Å². The van der Waals surface area contributed by atoms with Gasteiger partial charge in [0, 0.05) is 23.4 Å². The lowest BCUT2D eigenvalue weighted by Gasteiger charge is -2.35. The summed E-state index contributed by atoms with van der Waals surface area (Å²) < 4.78 is 35.8. The number of benzene rings is 4. The van der Waals surface area contributed by atoms with Crippen LogP contribution in [0.2, 0.25) is 10.0 Å². The van der Waals surface area contributed by atoms with Crippen LogP contribution in [0.3, 0.4) is 0 Å². The minimum atomic E-state index is -4.31. The van der Waals surface area contributed by atoms with Gasteiger partial charge in [0.05, 0.1) is 27.2 Å². The maximum Gasteiger partial charge on any atom is 0.264 e. The van der Waals surface area contributed by atoms with Crippen molar-refractivity contribution in [3.8, 4) is 5.75 Å². The number of nitrogens with one attached hydrogen (secondary N) is 1. The Morgan fingerprint density at radius 3 is 2.14 bits per heavy atom. The van der Waals surface area contributed by atoms with Gasteiger partial charge in [0.2, 0.25) is 11.8 Å². The summed E-state index contributed by atoms with van der Waals surface area (Å²) in [5.74, 6) is -0.697. The van der Waals surface area contributed by atoms with E-state index in [0.29, 0.717) is 16.3 Å². The number of sulfonamides is 1. The zero-order valence-electron chi connectivity index (χ0n) is 28.2. The number of nitrogens with zero attached hydrogens (tertiary/aromatic N) is 2. The van der Waals surface area contributed by atoms with Gasteiger partial charge < -0.3 is 15.0 Å². The summed E-state index contributed by atoms with van der Waals surface area (Å²) in [6.07, 6.45) is 2.07. The van der Waals surface area contributed by atoms with E-state index >= 15 is 0 Å². The highest BCUT2D eigenvalue weighted by atomic mass is 35.5. The molecule has 4 aromatic carbocycles. The van der Waals surface area contributed by atoms with Crippen molar-refractivity contribution < 1.29 is 22.7 Å². The molecule has 0 saturated heterocycles. The van der Waals surface area contributed by atoms with E-state index in [9.17, 15) is 18.0 Å². The first kappa shape index (κ1) is 38.1. The van der Waals surface area contributed by atoms with Gasteiger partial charge in [0.1, 0.15) is 18.3 Å². The summed E-state index contributed by atoms with van der Waals surface area (Å²) in [6, 6.07) is 26.5. The Labute approximate surface area is 303 Å². The summed E-state index contributed by atoms with van der Waals surface area (Å²) in [7, 11) is -4.31. The first-order valence-electron chi connectivity index (χ1n) is 15.7. The minimum absolute atomic E-state index is 0.00625. The van der Waals surface area contributed by atoms with Crippen molar-refractivity contribution in [1.82, 2.24) is 10.2 Å². The van der Waals surface area contributed by atoms with E-state index in [2.05, 4.69) is 5.32 Å². The molecule has 12 heteroatoms. The predicted molar refractivity (Wildman–Crippen MR) is 199 cm³/mol. The average Bonchev–Trinajstić information content (AvgIpc) is 3.07. The van der Waals surface area contributed by atoms with Gasteiger partial charge in [-0.25, -0.2) is 8.42 Å². The van der Waals surface area contributed by atoms with Gasteiger partial charge >= 0.3 is 0 Å². The molecule has 49 heavy (non-hydrogen) atoms. The van der Waals surface area contributed by atoms with E-state index < -0.39 is 34.1 Å². The van der Waals surface area contributed by atoms with Crippen LogP contribution in [-0.4, -0.2) is 56.1 Å². The third kappa shape index (κ3) is 10.2. The highest BCUT2D eigenvalue weighted by Crippen LogP contribution is 2.34. The maximum atomic E-state index is 14.8. The van der Waals surface area contributed by atoms with Crippen LogP contribution in [0.4, 0.5) is 5.69 Å². The predicted octanol–water partition coefficient (Wildman–Crippen LogP) is 7.86. The normalized spacial score (nSPS) is 12.2. The van der Waals surface area contributed by atoms with Crippen LogP contribution < -0.4 is 14.4 Å². The number of rotatable bonds is 14. The maximum absolute atomic E-state index is 14.8. The van der Waals surface area contributed by atoms with Gasteiger partial charge in [-0.1, -0.05) is 71.7 Å². The van der Waals surface area contributed by atoms with Crippen molar-refractivity contribution in [2.24, 2.45) is 0 Å².